The fourth-order valence-corrected chi connectivity index (χ4v) is 3.05. The molecule has 2 aromatic heterocycles. The van der Waals surface area contributed by atoms with E-state index in [9.17, 15) is 14.4 Å². The second kappa shape index (κ2) is 7.18. The summed E-state index contributed by atoms with van der Waals surface area (Å²) in [5.74, 6) is 0.747. The van der Waals surface area contributed by atoms with Crippen LogP contribution >= 0.6 is 0 Å². The fourth-order valence-electron chi connectivity index (χ4n) is 3.05. The van der Waals surface area contributed by atoms with Crippen LogP contribution in [0.3, 0.4) is 0 Å². The average molecular weight is 382 g/mol. The highest BCUT2D eigenvalue weighted by Gasteiger charge is 2.15. The monoisotopic (exact) mass is 382 g/mol. The zero-order valence-electron chi connectivity index (χ0n) is 15.2. The third-order valence-electron chi connectivity index (χ3n) is 4.34. The van der Waals surface area contributed by atoms with Gasteiger partial charge in [0, 0.05) is 24.5 Å². The highest BCUT2D eigenvalue weighted by molar-refractivity contribution is 6.05. The van der Waals surface area contributed by atoms with E-state index in [-0.39, 0.29) is 16.6 Å². The number of anilines is 1. The van der Waals surface area contributed by atoms with Crippen LogP contribution in [0.2, 0.25) is 0 Å². The number of benzene rings is 1. The summed E-state index contributed by atoms with van der Waals surface area (Å²) in [5.41, 5.74) is -0.102. The van der Waals surface area contributed by atoms with Crippen molar-refractivity contribution >= 4 is 22.6 Å². The second-order valence-corrected chi connectivity index (χ2v) is 6.32. The van der Waals surface area contributed by atoms with Crippen molar-refractivity contribution in [3.63, 3.8) is 0 Å². The van der Waals surface area contributed by atoms with Gasteiger partial charge in [-0.05, 0) is 24.6 Å². The lowest BCUT2D eigenvalue weighted by Crippen LogP contribution is -2.31. The topological polar surface area (TPSA) is 115 Å². The van der Waals surface area contributed by atoms with Crippen LogP contribution in [0.15, 0.2) is 40.1 Å². The van der Waals surface area contributed by atoms with Crippen molar-refractivity contribution in [3.05, 3.63) is 56.9 Å². The maximum atomic E-state index is 12.6. The van der Waals surface area contributed by atoms with Crippen LogP contribution in [0.25, 0.3) is 11.0 Å². The van der Waals surface area contributed by atoms with Crippen LogP contribution in [-0.4, -0.2) is 33.7 Å². The lowest BCUT2D eigenvalue weighted by atomic mass is 10.2. The Hall–Kier alpha value is -3.62. The normalized spacial score (nSPS) is 12.8. The zero-order valence-corrected chi connectivity index (χ0v) is 15.2. The molecule has 9 heteroatoms. The van der Waals surface area contributed by atoms with Crippen LogP contribution in [0.5, 0.6) is 11.5 Å². The van der Waals surface area contributed by atoms with Gasteiger partial charge in [0.1, 0.15) is 18.9 Å². The highest BCUT2D eigenvalue weighted by Crippen LogP contribution is 2.32. The number of aromatic nitrogens is 3. The Bertz CT molecular complexity index is 1180. The Morgan fingerprint density at radius 1 is 1.21 bits per heavy atom. The molecule has 0 fully saturated rings. The molecule has 0 bridgehead atoms. The second-order valence-electron chi connectivity index (χ2n) is 6.32. The molecule has 2 N–H and O–H groups in total. The summed E-state index contributed by atoms with van der Waals surface area (Å²) in [7, 11) is 0. The molecule has 28 heavy (non-hydrogen) atoms. The number of nitrogens with one attached hydrogen (secondary N) is 2. The van der Waals surface area contributed by atoms with Crippen molar-refractivity contribution in [2.24, 2.45) is 0 Å². The predicted molar refractivity (Wildman–Crippen MR) is 102 cm³/mol. The number of H-pyrrole nitrogens is 1. The van der Waals surface area contributed by atoms with E-state index in [0.29, 0.717) is 43.4 Å². The molecule has 0 atom stereocenters. The van der Waals surface area contributed by atoms with Gasteiger partial charge in [-0.25, -0.2) is 9.78 Å². The first-order valence-electron chi connectivity index (χ1n) is 8.90. The summed E-state index contributed by atoms with van der Waals surface area (Å²) < 4.78 is 12.4. The molecule has 1 amide bonds. The number of nitrogens with zero attached hydrogens (tertiary/aromatic N) is 2. The number of rotatable bonds is 4. The number of hydrogen-bond acceptors (Lipinski definition) is 6. The van der Waals surface area contributed by atoms with Gasteiger partial charge < -0.3 is 14.8 Å². The van der Waals surface area contributed by atoms with E-state index >= 15 is 0 Å². The van der Waals surface area contributed by atoms with Crippen LogP contribution < -0.4 is 26.0 Å². The summed E-state index contributed by atoms with van der Waals surface area (Å²) in [6.07, 6.45) is 2.05. The van der Waals surface area contributed by atoms with Crippen LogP contribution in [0, 0.1) is 0 Å². The first-order valence-corrected chi connectivity index (χ1v) is 8.90. The van der Waals surface area contributed by atoms with E-state index in [4.69, 9.17) is 9.47 Å². The molecule has 0 unspecified atom stereocenters. The van der Waals surface area contributed by atoms with Gasteiger partial charge in [-0.1, -0.05) is 6.92 Å². The van der Waals surface area contributed by atoms with Crippen LogP contribution in [0.1, 0.15) is 23.7 Å². The lowest BCUT2D eigenvalue weighted by molar-refractivity contribution is 0.102. The van der Waals surface area contributed by atoms with Gasteiger partial charge in [-0.2, -0.15) is 0 Å². The number of carbonyl (C=O) groups excluding carboxylic acids is 1. The van der Waals surface area contributed by atoms with Crippen LogP contribution in [0.4, 0.5) is 5.69 Å². The molecular weight excluding hydrogens is 364 g/mol. The summed E-state index contributed by atoms with van der Waals surface area (Å²) in [4.78, 5) is 43.2. The van der Waals surface area contributed by atoms with Gasteiger partial charge in [0.25, 0.3) is 11.5 Å². The van der Waals surface area contributed by atoms with Crippen molar-refractivity contribution in [1.29, 1.82) is 0 Å². The van der Waals surface area contributed by atoms with Crippen molar-refractivity contribution < 1.29 is 14.3 Å². The molecule has 0 spiro atoms. The number of ether oxygens (including phenoxy) is 2. The Balaban J connectivity index is 1.66. The zero-order chi connectivity index (χ0) is 19.7. The Morgan fingerprint density at radius 2 is 2.00 bits per heavy atom. The van der Waals surface area contributed by atoms with E-state index in [2.05, 4.69) is 15.3 Å². The number of pyridine rings is 1. The molecule has 9 nitrogen and oxygen atoms in total. The summed E-state index contributed by atoms with van der Waals surface area (Å²) in [6, 6.07) is 6.52. The van der Waals surface area contributed by atoms with Crippen molar-refractivity contribution in [3.8, 4) is 11.5 Å². The smallest absolute Gasteiger partial charge is 0.329 e. The van der Waals surface area contributed by atoms with Crippen molar-refractivity contribution in [2.45, 2.75) is 19.9 Å². The van der Waals surface area contributed by atoms with Gasteiger partial charge in [0.05, 0.1) is 10.9 Å². The number of hydrogen-bond donors (Lipinski definition) is 2. The molecule has 1 aliphatic heterocycles. The number of aryl methyl sites for hydroxylation is 1. The van der Waals surface area contributed by atoms with E-state index in [1.165, 1.54) is 16.8 Å². The van der Waals surface area contributed by atoms with E-state index in [1.54, 1.807) is 18.2 Å². The third kappa shape index (κ3) is 3.22. The van der Waals surface area contributed by atoms with Gasteiger partial charge in [0.15, 0.2) is 11.5 Å². The standard InChI is InChI=1S/C19H18N4O5/c1-2-5-23-16-13(18(25)22-19(23)26)8-11(10-20-16)17(24)21-12-3-4-14-15(9-12)28-7-6-27-14/h3-4,8-10H,2,5-7H2,1H3,(H,21,24)(H,22,25,26). The average Bonchev–Trinajstić information content (AvgIpc) is 2.70. The minimum Gasteiger partial charge on any atom is -0.486 e. The summed E-state index contributed by atoms with van der Waals surface area (Å²) >= 11 is 0. The first-order chi connectivity index (χ1) is 13.6. The molecule has 1 aromatic carbocycles. The molecule has 0 saturated heterocycles. The molecule has 0 saturated carbocycles. The van der Waals surface area contributed by atoms with E-state index in [0.717, 1.165) is 0 Å². The minimum absolute atomic E-state index is 0.183. The van der Waals surface area contributed by atoms with Gasteiger partial charge in [-0.3, -0.25) is 19.1 Å². The summed E-state index contributed by atoms with van der Waals surface area (Å²) in [5, 5.41) is 2.93. The largest absolute Gasteiger partial charge is 0.486 e. The van der Waals surface area contributed by atoms with Gasteiger partial charge in [-0.15, -0.1) is 0 Å². The number of aromatic amines is 1. The molecule has 0 aliphatic carbocycles. The molecule has 1 aliphatic rings. The highest BCUT2D eigenvalue weighted by atomic mass is 16.6. The molecule has 0 radical (unpaired) electrons. The summed E-state index contributed by atoms with van der Waals surface area (Å²) in [6.45, 7) is 3.26. The quantitative estimate of drug-likeness (QED) is 0.707. The molecule has 3 heterocycles. The van der Waals surface area contributed by atoms with Crippen molar-refractivity contribution in [1.82, 2.24) is 14.5 Å². The molecular formula is C19H18N4O5. The van der Waals surface area contributed by atoms with E-state index in [1.807, 2.05) is 6.92 Å². The Labute approximate surface area is 158 Å². The van der Waals surface area contributed by atoms with E-state index < -0.39 is 17.2 Å². The maximum Gasteiger partial charge on any atom is 0.329 e. The molecule has 144 valence electrons. The number of carbonyl (C=O) groups is 1. The third-order valence-corrected chi connectivity index (χ3v) is 4.34. The number of amides is 1. The Morgan fingerprint density at radius 3 is 2.79 bits per heavy atom. The van der Waals surface area contributed by atoms with Crippen LogP contribution in [-0.2, 0) is 6.54 Å². The fraction of sp³-hybridized carbons (Fsp3) is 0.263. The molecule has 4 rings (SSSR count). The SMILES string of the molecule is CCCn1c(=O)[nH]c(=O)c2cc(C(=O)Nc3ccc4c(c3)OCCO4)cnc21. The van der Waals surface area contributed by atoms with Crippen molar-refractivity contribution in [2.75, 3.05) is 18.5 Å². The lowest BCUT2D eigenvalue weighted by Gasteiger charge is -2.19. The maximum absolute atomic E-state index is 12.6. The predicted octanol–water partition coefficient (Wildman–Crippen LogP) is 1.52. The van der Waals surface area contributed by atoms with Gasteiger partial charge >= 0.3 is 5.69 Å². The molecule has 3 aromatic rings. The minimum atomic E-state index is -0.575. The first kappa shape index (κ1) is 17.8. The Kier molecular flexibility index (Phi) is 4.56. The van der Waals surface area contributed by atoms with Gasteiger partial charge in [0.2, 0.25) is 0 Å². The number of fused-ring (bicyclic) bond motifs is 2.